The molecule has 0 aliphatic rings. The number of aromatic nitrogens is 1. The van der Waals surface area contributed by atoms with Gasteiger partial charge < -0.3 is 4.74 Å². The molecule has 178 valence electrons. The second-order valence-electron chi connectivity index (χ2n) is 8.24. The lowest BCUT2D eigenvalue weighted by molar-refractivity contribution is -0.123. The maximum absolute atomic E-state index is 12.0. The standard InChI is InChI=1S/C29H28BrN3O2/c1-2-3-4-8-17-31-33-29(34)20-35-24-14-11-22(12-15-24)28-19-25(21-9-6-5-7-10-21)26-18-23(30)13-16-27(26)32-28/h5-7,9-19H,2-4,8,20H2,1H3,(H,33,34)/b31-17-. The molecule has 0 aliphatic carbocycles. The maximum atomic E-state index is 12.0. The number of halogens is 1. The molecule has 0 saturated carbocycles. The number of nitrogens with zero attached hydrogens (tertiary/aromatic N) is 2. The Morgan fingerprint density at radius 3 is 2.57 bits per heavy atom. The number of hydrogen-bond acceptors (Lipinski definition) is 4. The number of unbranched alkanes of at least 4 members (excludes halogenated alkanes) is 3. The van der Waals surface area contributed by atoms with Crippen LogP contribution in [0.5, 0.6) is 5.75 Å². The molecule has 1 aromatic heterocycles. The molecule has 4 rings (SSSR count). The van der Waals surface area contributed by atoms with E-state index in [1.54, 1.807) is 6.21 Å². The van der Waals surface area contributed by atoms with Crippen molar-refractivity contribution in [2.24, 2.45) is 5.10 Å². The van der Waals surface area contributed by atoms with Crippen molar-refractivity contribution >= 4 is 39.0 Å². The van der Waals surface area contributed by atoms with E-state index in [2.05, 4.69) is 57.6 Å². The number of rotatable bonds is 10. The molecule has 3 aromatic carbocycles. The summed E-state index contributed by atoms with van der Waals surface area (Å²) < 4.78 is 6.64. The van der Waals surface area contributed by atoms with Gasteiger partial charge in [0.25, 0.3) is 5.91 Å². The molecular weight excluding hydrogens is 502 g/mol. The maximum Gasteiger partial charge on any atom is 0.277 e. The minimum absolute atomic E-state index is 0.0904. The number of benzene rings is 3. The van der Waals surface area contributed by atoms with Gasteiger partial charge in [0.15, 0.2) is 6.61 Å². The fraction of sp³-hybridized carbons (Fsp3) is 0.207. The van der Waals surface area contributed by atoms with E-state index in [9.17, 15) is 4.79 Å². The Hall–Kier alpha value is -3.51. The average Bonchev–Trinajstić information content (AvgIpc) is 2.89. The van der Waals surface area contributed by atoms with Crippen LogP contribution in [0.2, 0.25) is 0 Å². The second-order valence-corrected chi connectivity index (χ2v) is 9.15. The molecule has 0 aliphatic heterocycles. The fourth-order valence-electron chi connectivity index (χ4n) is 3.77. The van der Waals surface area contributed by atoms with Crippen molar-refractivity contribution in [2.75, 3.05) is 6.61 Å². The summed E-state index contributed by atoms with van der Waals surface area (Å²) in [4.78, 5) is 16.8. The first-order valence-electron chi connectivity index (χ1n) is 11.8. The normalized spacial score (nSPS) is 11.1. The van der Waals surface area contributed by atoms with Crippen molar-refractivity contribution in [2.45, 2.75) is 32.6 Å². The number of fused-ring (bicyclic) bond motifs is 1. The summed E-state index contributed by atoms with van der Waals surface area (Å²) in [7, 11) is 0. The zero-order valence-electron chi connectivity index (χ0n) is 19.7. The number of pyridine rings is 1. The lowest BCUT2D eigenvalue weighted by atomic mass is 9.98. The van der Waals surface area contributed by atoms with Gasteiger partial charge in [0.1, 0.15) is 5.75 Å². The molecule has 1 N–H and O–H groups in total. The molecule has 35 heavy (non-hydrogen) atoms. The molecule has 0 spiro atoms. The van der Waals surface area contributed by atoms with Crippen LogP contribution in [0.25, 0.3) is 33.3 Å². The van der Waals surface area contributed by atoms with Gasteiger partial charge in [-0.2, -0.15) is 5.10 Å². The van der Waals surface area contributed by atoms with Crippen LogP contribution in [0, 0.1) is 0 Å². The van der Waals surface area contributed by atoms with E-state index < -0.39 is 0 Å². The third-order valence-electron chi connectivity index (χ3n) is 5.59. The van der Waals surface area contributed by atoms with Crippen LogP contribution >= 0.6 is 15.9 Å². The highest BCUT2D eigenvalue weighted by molar-refractivity contribution is 9.10. The van der Waals surface area contributed by atoms with Crippen LogP contribution in [0.1, 0.15) is 32.6 Å². The number of hydrazone groups is 1. The molecule has 1 heterocycles. The number of carbonyl (C=O) groups excluding carboxylic acids is 1. The van der Waals surface area contributed by atoms with E-state index in [4.69, 9.17) is 9.72 Å². The van der Waals surface area contributed by atoms with Crippen molar-refractivity contribution < 1.29 is 9.53 Å². The smallest absolute Gasteiger partial charge is 0.277 e. The summed E-state index contributed by atoms with van der Waals surface area (Å²) in [5, 5.41) is 5.05. The van der Waals surface area contributed by atoms with Crippen LogP contribution < -0.4 is 10.2 Å². The lowest BCUT2D eigenvalue weighted by Crippen LogP contribution is -2.24. The summed E-state index contributed by atoms with van der Waals surface area (Å²) in [6.45, 7) is 2.06. The minimum Gasteiger partial charge on any atom is -0.484 e. The predicted octanol–water partition coefficient (Wildman–Crippen LogP) is 7.39. The van der Waals surface area contributed by atoms with E-state index in [1.807, 2.05) is 54.6 Å². The van der Waals surface area contributed by atoms with Gasteiger partial charge in [-0.05, 0) is 72.5 Å². The highest BCUT2D eigenvalue weighted by Gasteiger charge is 2.11. The molecule has 6 heteroatoms. The fourth-order valence-corrected chi connectivity index (χ4v) is 4.13. The van der Waals surface area contributed by atoms with Crippen molar-refractivity contribution in [1.29, 1.82) is 0 Å². The minimum atomic E-state index is -0.282. The Morgan fingerprint density at radius 2 is 1.80 bits per heavy atom. The highest BCUT2D eigenvalue weighted by atomic mass is 79.9. The van der Waals surface area contributed by atoms with E-state index in [0.717, 1.165) is 57.0 Å². The van der Waals surface area contributed by atoms with Crippen molar-refractivity contribution in [3.63, 3.8) is 0 Å². The van der Waals surface area contributed by atoms with Gasteiger partial charge in [0.05, 0.1) is 11.2 Å². The molecule has 0 fully saturated rings. The first-order valence-corrected chi connectivity index (χ1v) is 12.6. The van der Waals surface area contributed by atoms with Gasteiger partial charge >= 0.3 is 0 Å². The molecule has 4 aromatic rings. The molecule has 0 radical (unpaired) electrons. The van der Waals surface area contributed by atoms with Crippen molar-refractivity contribution in [3.05, 3.63) is 83.3 Å². The highest BCUT2D eigenvalue weighted by Crippen LogP contribution is 2.34. The van der Waals surface area contributed by atoms with E-state index in [-0.39, 0.29) is 12.5 Å². The third kappa shape index (κ3) is 6.76. The van der Waals surface area contributed by atoms with Crippen LogP contribution in [0.3, 0.4) is 0 Å². The third-order valence-corrected chi connectivity index (χ3v) is 6.09. The number of ether oxygens (including phenoxy) is 1. The lowest BCUT2D eigenvalue weighted by Gasteiger charge is -2.11. The van der Waals surface area contributed by atoms with Crippen LogP contribution in [0.4, 0.5) is 0 Å². The van der Waals surface area contributed by atoms with Gasteiger partial charge in [-0.15, -0.1) is 0 Å². The molecule has 0 bridgehead atoms. The topological polar surface area (TPSA) is 63.6 Å². The van der Waals surface area contributed by atoms with E-state index in [0.29, 0.717) is 5.75 Å². The summed E-state index contributed by atoms with van der Waals surface area (Å²) in [5.74, 6) is 0.333. The van der Waals surface area contributed by atoms with Gasteiger partial charge in [0.2, 0.25) is 0 Å². The molecule has 1 amide bonds. The zero-order chi connectivity index (χ0) is 24.5. The summed E-state index contributed by atoms with van der Waals surface area (Å²) >= 11 is 3.58. The van der Waals surface area contributed by atoms with Crippen molar-refractivity contribution in [3.8, 4) is 28.1 Å². The second kappa shape index (κ2) is 12.3. The molecule has 0 unspecified atom stereocenters. The monoisotopic (exact) mass is 529 g/mol. The van der Waals surface area contributed by atoms with Gasteiger partial charge in [0, 0.05) is 21.6 Å². The number of amides is 1. The molecular formula is C29H28BrN3O2. The first-order chi connectivity index (χ1) is 17.1. The Bertz CT molecular complexity index is 1310. The average molecular weight is 530 g/mol. The van der Waals surface area contributed by atoms with Crippen LogP contribution in [-0.4, -0.2) is 23.7 Å². The van der Waals surface area contributed by atoms with Crippen molar-refractivity contribution in [1.82, 2.24) is 10.4 Å². The predicted molar refractivity (Wildman–Crippen MR) is 147 cm³/mol. The van der Waals surface area contributed by atoms with E-state index >= 15 is 0 Å². The zero-order valence-corrected chi connectivity index (χ0v) is 21.3. The number of nitrogens with one attached hydrogen (secondary N) is 1. The SMILES string of the molecule is CCCCC/C=N\NC(=O)COc1ccc(-c2cc(-c3ccccc3)c3cc(Br)ccc3n2)cc1. The van der Waals surface area contributed by atoms with Gasteiger partial charge in [-0.1, -0.05) is 66.0 Å². The number of carbonyl (C=O) groups is 1. The largest absolute Gasteiger partial charge is 0.484 e. The Morgan fingerprint density at radius 1 is 1.00 bits per heavy atom. The molecule has 5 nitrogen and oxygen atoms in total. The van der Waals surface area contributed by atoms with Crippen LogP contribution in [-0.2, 0) is 4.79 Å². The van der Waals surface area contributed by atoms with Gasteiger partial charge in [-0.25, -0.2) is 10.4 Å². The number of hydrogen-bond donors (Lipinski definition) is 1. The summed E-state index contributed by atoms with van der Waals surface area (Å²) in [5.41, 5.74) is 7.54. The summed E-state index contributed by atoms with van der Waals surface area (Å²) in [6, 6.07) is 26.2. The first kappa shape index (κ1) is 24.6. The Kier molecular flexibility index (Phi) is 8.63. The Balaban J connectivity index is 1.46. The van der Waals surface area contributed by atoms with Gasteiger partial charge in [-0.3, -0.25) is 4.79 Å². The summed E-state index contributed by atoms with van der Waals surface area (Å²) in [6.07, 6.45) is 6.01. The van der Waals surface area contributed by atoms with Crippen LogP contribution in [0.15, 0.2) is 88.4 Å². The Labute approximate surface area is 214 Å². The molecule has 0 saturated heterocycles. The molecule has 0 atom stereocenters. The quantitative estimate of drug-likeness (QED) is 0.132. The van der Waals surface area contributed by atoms with E-state index in [1.165, 1.54) is 6.42 Å².